The van der Waals surface area contributed by atoms with Crippen molar-refractivity contribution in [2.24, 2.45) is 5.92 Å². The molecule has 0 bridgehead atoms. The predicted octanol–water partition coefficient (Wildman–Crippen LogP) is 1.55. The molecular weight excluding hydrogens is 222 g/mol. The van der Waals surface area contributed by atoms with Gasteiger partial charge in [-0.25, -0.2) is 0 Å². The van der Waals surface area contributed by atoms with Gasteiger partial charge in [-0.3, -0.25) is 0 Å². The summed E-state index contributed by atoms with van der Waals surface area (Å²) in [6, 6.07) is 0.977. The lowest BCUT2D eigenvalue weighted by molar-refractivity contribution is 0.308. The van der Waals surface area contributed by atoms with E-state index >= 15 is 0 Å². The third-order valence-corrected chi connectivity index (χ3v) is 4.84. The van der Waals surface area contributed by atoms with Crippen LogP contribution in [0.1, 0.15) is 38.5 Å². The topological polar surface area (TPSA) is 18.5 Å². The summed E-state index contributed by atoms with van der Waals surface area (Å²) in [7, 11) is 0. The molecule has 1 atom stereocenters. The normalized spacial score (nSPS) is 30.3. The van der Waals surface area contributed by atoms with Crippen molar-refractivity contribution in [3.63, 3.8) is 0 Å². The maximum absolute atomic E-state index is 3.68. The molecule has 3 rings (SSSR count). The van der Waals surface area contributed by atoms with Crippen molar-refractivity contribution >= 4 is 0 Å². The molecule has 104 valence electrons. The number of nitrogens with one attached hydrogen (secondary N) is 1. The lowest BCUT2D eigenvalue weighted by Crippen LogP contribution is -2.30. The fraction of sp³-hybridized carbons (Fsp3) is 1.00. The van der Waals surface area contributed by atoms with E-state index in [0.717, 1.165) is 12.0 Å². The van der Waals surface area contributed by atoms with Crippen molar-refractivity contribution < 1.29 is 0 Å². The molecule has 18 heavy (non-hydrogen) atoms. The molecular formula is C15H29N3. The summed E-state index contributed by atoms with van der Waals surface area (Å²) in [4.78, 5) is 5.34. The van der Waals surface area contributed by atoms with Crippen LogP contribution in [-0.2, 0) is 0 Å². The molecule has 1 unspecified atom stereocenters. The summed E-state index contributed by atoms with van der Waals surface area (Å²) < 4.78 is 0. The minimum atomic E-state index is 0.928. The van der Waals surface area contributed by atoms with E-state index in [2.05, 4.69) is 15.1 Å². The number of hydrogen-bond acceptors (Lipinski definition) is 3. The monoisotopic (exact) mass is 251 g/mol. The molecule has 0 radical (unpaired) electrons. The Bertz CT molecular complexity index is 246. The second-order valence-electron chi connectivity index (χ2n) is 6.49. The van der Waals surface area contributed by atoms with E-state index in [1.54, 1.807) is 0 Å². The van der Waals surface area contributed by atoms with Crippen LogP contribution < -0.4 is 5.32 Å². The van der Waals surface area contributed by atoms with Crippen LogP contribution in [0.25, 0.3) is 0 Å². The summed E-state index contributed by atoms with van der Waals surface area (Å²) in [6.07, 6.45) is 8.54. The molecule has 3 fully saturated rings. The highest BCUT2D eigenvalue weighted by molar-refractivity contribution is 4.89. The van der Waals surface area contributed by atoms with Gasteiger partial charge in [-0.05, 0) is 83.7 Å². The molecule has 1 saturated carbocycles. The van der Waals surface area contributed by atoms with E-state index in [4.69, 9.17) is 0 Å². The molecule has 3 heteroatoms. The zero-order valence-electron chi connectivity index (χ0n) is 11.7. The van der Waals surface area contributed by atoms with Crippen molar-refractivity contribution in [2.45, 2.75) is 44.6 Å². The van der Waals surface area contributed by atoms with Crippen LogP contribution in [0.4, 0.5) is 0 Å². The van der Waals surface area contributed by atoms with E-state index in [1.165, 1.54) is 84.3 Å². The van der Waals surface area contributed by atoms with Gasteiger partial charge in [0.25, 0.3) is 0 Å². The highest BCUT2D eigenvalue weighted by Crippen LogP contribution is 2.31. The second kappa shape index (κ2) is 6.36. The lowest BCUT2D eigenvalue weighted by Gasteiger charge is -2.16. The molecule has 0 amide bonds. The van der Waals surface area contributed by atoms with Gasteiger partial charge in [-0.1, -0.05) is 0 Å². The van der Waals surface area contributed by atoms with Gasteiger partial charge in [0.15, 0.2) is 0 Å². The van der Waals surface area contributed by atoms with Gasteiger partial charge < -0.3 is 15.1 Å². The van der Waals surface area contributed by atoms with Gasteiger partial charge >= 0.3 is 0 Å². The number of hydrogen-bond donors (Lipinski definition) is 1. The average Bonchev–Trinajstić information content (AvgIpc) is 2.92. The van der Waals surface area contributed by atoms with E-state index in [1.807, 2.05) is 0 Å². The molecule has 2 aliphatic heterocycles. The van der Waals surface area contributed by atoms with Crippen molar-refractivity contribution in [3.8, 4) is 0 Å². The SMILES string of the molecule is C1CCN(CCCNCC2CCN(C3CC3)C2)C1. The fourth-order valence-corrected chi connectivity index (χ4v) is 3.54. The molecule has 1 N–H and O–H groups in total. The average molecular weight is 251 g/mol. The van der Waals surface area contributed by atoms with Crippen molar-refractivity contribution in [1.82, 2.24) is 15.1 Å². The van der Waals surface area contributed by atoms with Gasteiger partial charge in [0, 0.05) is 12.6 Å². The molecule has 2 heterocycles. The Hall–Kier alpha value is -0.120. The molecule has 3 aliphatic rings. The Morgan fingerprint density at radius 1 is 1.00 bits per heavy atom. The molecule has 0 spiro atoms. The quantitative estimate of drug-likeness (QED) is 0.693. The van der Waals surface area contributed by atoms with Crippen molar-refractivity contribution in [1.29, 1.82) is 0 Å². The Balaban J connectivity index is 1.20. The molecule has 0 aromatic carbocycles. The van der Waals surface area contributed by atoms with Crippen molar-refractivity contribution in [3.05, 3.63) is 0 Å². The van der Waals surface area contributed by atoms with Gasteiger partial charge in [0.05, 0.1) is 0 Å². The van der Waals surface area contributed by atoms with Gasteiger partial charge in [0.1, 0.15) is 0 Å². The maximum atomic E-state index is 3.68. The Kier molecular flexibility index (Phi) is 4.55. The molecule has 1 aliphatic carbocycles. The first-order valence-electron chi connectivity index (χ1n) is 8.09. The second-order valence-corrected chi connectivity index (χ2v) is 6.49. The van der Waals surface area contributed by atoms with E-state index in [9.17, 15) is 0 Å². The number of likely N-dealkylation sites (tertiary alicyclic amines) is 2. The third kappa shape index (κ3) is 3.69. The summed E-state index contributed by atoms with van der Waals surface area (Å²) in [6.45, 7) is 9.21. The maximum Gasteiger partial charge on any atom is 0.00965 e. The third-order valence-electron chi connectivity index (χ3n) is 4.84. The first kappa shape index (κ1) is 12.9. The predicted molar refractivity (Wildman–Crippen MR) is 75.9 cm³/mol. The highest BCUT2D eigenvalue weighted by atomic mass is 15.2. The Labute approximate surface area is 112 Å². The summed E-state index contributed by atoms with van der Waals surface area (Å²) >= 11 is 0. The highest BCUT2D eigenvalue weighted by Gasteiger charge is 2.33. The largest absolute Gasteiger partial charge is 0.316 e. The molecule has 0 aromatic rings. The fourth-order valence-electron chi connectivity index (χ4n) is 3.54. The summed E-state index contributed by atoms with van der Waals surface area (Å²) in [5, 5.41) is 3.68. The molecule has 0 aromatic heterocycles. The van der Waals surface area contributed by atoms with E-state index in [-0.39, 0.29) is 0 Å². The van der Waals surface area contributed by atoms with Gasteiger partial charge in [0.2, 0.25) is 0 Å². The van der Waals surface area contributed by atoms with Gasteiger partial charge in [-0.15, -0.1) is 0 Å². The smallest absolute Gasteiger partial charge is 0.00965 e. The zero-order chi connectivity index (χ0) is 12.2. The summed E-state index contributed by atoms with van der Waals surface area (Å²) in [5.41, 5.74) is 0. The van der Waals surface area contributed by atoms with Gasteiger partial charge in [-0.2, -0.15) is 0 Å². The van der Waals surface area contributed by atoms with E-state index < -0.39 is 0 Å². The Morgan fingerprint density at radius 2 is 1.83 bits per heavy atom. The standard InChI is InChI=1S/C15H29N3/c1-2-9-17(8-1)10-3-7-16-12-14-6-11-18(13-14)15-4-5-15/h14-16H,1-13H2. The summed E-state index contributed by atoms with van der Waals surface area (Å²) in [5.74, 6) is 0.928. The van der Waals surface area contributed by atoms with Crippen LogP contribution in [0.15, 0.2) is 0 Å². The first-order valence-corrected chi connectivity index (χ1v) is 8.09. The van der Waals surface area contributed by atoms with Crippen molar-refractivity contribution in [2.75, 3.05) is 45.8 Å². The lowest BCUT2D eigenvalue weighted by atomic mass is 10.1. The zero-order valence-corrected chi connectivity index (χ0v) is 11.7. The van der Waals surface area contributed by atoms with E-state index in [0.29, 0.717) is 0 Å². The van der Waals surface area contributed by atoms with Crippen LogP contribution in [0, 0.1) is 5.92 Å². The Morgan fingerprint density at radius 3 is 2.61 bits per heavy atom. The van der Waals surface area contributed by atoms with Crippen LogP contribution in [0.3, 0.4) is 0 Å². The molecule has 3 nitrogen and oxygen atoms in total. The van der Waals surface area contributed by atoms with Crippen LogP contribution in [0.5, 0.6) is 0 Å². The minimum absolute atomic E-state index is 0.928. The first-order chi connectivity index (χ1) is 8.92. The minimum Gasteiger partial charge on any atom is -0.316 e. The van der Waals surface area contributed by atoms with Crippen LogP contribution >= 0.6 is 0 Å². The van der Waals surface area contributed by atoms with Crippen LogP contribution in [-0.4, -0.2) is 61.7 Å². The number of nitrogens with zero attached hydrogens (tertiary/aromatic N) is 2. The molecule has 2 saturated heterocycles. The number of rotatable bonds is 7. The van der Waals surface area contributed by atoms with Crippen LogP contribution in [0.2, 0.25) is 0 Å².